The summed E-state index contributed by atoms with van der Waals surface area (Å²) in [6, 6.07) is 16.9. The lowest BCUT2D eigenvalue weighted by Crippen LogP contribution is -2.14. The van der Waals surface area contributed by atoms with Crippen LogP contribution >= 0.6 is 0 Å². The zero-order valence-corrected chi connectivity index (χ0v) is 11.7. The molecule has 0 unspecified atom stereocenters. The summed E-state index contributed by atoms with van der Waals surface area (Å²) in [6.45, 7) is 1.86. The average Bonchev–Trinajstić information content (AvgIpc) is 3.33. The van der Waals surface area contributed by atoms with Crippen LogP contribution in [0.5, 0.6) is 0 Å². The highest BCUT2D eigenvalue weighted by Crippen LogP contribution is 2.41. The molecule has 2 nitrogen and oxygen atoms in total. The van der Waals surface area contributed by atoms with Crippen molar-refractivity contribution in [3.63, 3.8) is 0 Å². The van der Waals surface area contributed by atoms with E-state index in [1.54, 1.807) is 0 Å². The molecule has 3 rings (SSSR count). The van der Waals surface area contributed by atoms with Gasteiger partial charge in [0.15, 0.2) is 0 Å². The minimum Gasteiger partial charge on any atom is -0.392 e. The molecule has 0 aromatic heterocycles. The Morgan fingerprint density at radius 2 is 1.75 bits per heavy atom. The predicted molar refractivity (Wildman–Crippen MR) is 81.3 cm³/mol. The van der Waals surface area contributed by atoms with Crippen molar-refractivity contribution in [2.24, 2.45) is 0 Å². The number of hydrogen-bond acceptors (Lipinski definition) is 2. The molecule has 2 aromatic rings. The Morgan fingerprint density at radius 1 is 0.950 bits per heavy atom. The van der Waals surface area contributed by atoms with Crippen LogP contribution in [-0.2, 0) is 19.7 Å². The Balaban J connectivity index is 1.59. The second-order valence-electron chi connectivity index (χ2n) is 5.55. The van der Waals surface area contributed by atoms with Crippen molar-refractivity contribution < 1.29 is 5.11 Å². The Morgan fingerprint density at radius 3 is 2.55 bits per heavy atom. The third-order valence-electron chi connectivity index (χ3n) is 3.89. The van der Waals surface area contributed by atoms with Gasteiger partial charge in [0.1, 0.15) is 0 Å². The molecule has 1 aliphatic rings. The number of nitrogens with one attached hydrogen (secondary N) is 1. The second-order valence-corrected chi connectivity index (χ2v) is 5.55. The van der Waals surface area contributed by atoms with E-state index in [0.29, 0.717) is 0 Å². The van der Waals surface area contributed by atoms with Gasteiger partial charge in [-0.25, -0.2) is 0 Å². The summed E-state index contributed by atoms with van der Waals surface area (Å²) in [6.07, 6.45) is 2.69. The van der Waals surface area contributed by atoms with Gasteiger partial charge in [-0.15, -0.1) is 0 Å². The van der Waals surface area contributed by atoms with Crippen molar-refractivity contribution in [3.8, 4) is 0 Å². The van der Waals surface area contributed by atoms with Gasteiger partial charge in [0.25, 0.3) is 0 Å². The molecule has 1 saturated carbocycles. The molecule has 0 bridgehead atoms. The molecule has 0 spiro atoms. The van der Waals surface area contributed by atoms with Crippen molar-refractivity contribution in [3.05, 3.63) is 70.8 Å². The number of hydrogen-bond donors (Lipinski definition) is 2. The fraction of sp³-hybridized carbons (Fsp3) is 0.333. The van der Waals surface area contributed by atoms with E-state index < -0.39 is 0 Å². The minimum atomic E-state index is 0.109. The van der Waals surface area contributed by atoms with E-state index in [0.717, 1.165) is 24.6 Å². The molecule has 20 heavy (non-hydrogen) atoms. The van der Waals surface area contributed by atoms with E-state index in [2.05, 4.69) is 41.7 Å². The van der Waals surface area contributed by atoms with Crippen LogP contribution in [0.3, 0.4) is 0 Å². The van der Waals surface area contributed by atoms with Crippen LogP contribution in [0.4, 0.5) is 0 Å². The molecule has 0 atom stereocenters. The van der Waals surface area contributed by atoms with Gasteiger partial charge in [-0.2, -0.15) is 0 Å². The highest BCUT2D eigenvalue weighted by molar-refractivity contribution is 5.33. The van der Waals surface area contributed by atoms with E-state index in [1.807, 2.05) is 12.1 Å². The standard InChI is InChI=1S/C18H21NO/c20-13-15-5-3-4-14(10-15)11-19-12-17-6-1-2-7-18(17)16-8-9-16/h1-7,10,16,19-20H,8-9,11-13H2. The highest BCUT2D eigenvalue weighted by Gasteiger charge is 2.25. The maximum absolute atomic E-state index is 9.15. The molecule has 0 saturated heterocycles. The zero-order valence-electron chi connectivity index (χ0n) is 11.7. The predicted octanol–water partition coefficient (Wildman–Crippen LogP) is 3.35. The van der Waals surface area contributed by atoms with Crippen molar-refractivity contribution >= 4 is 0 Å². The van der Waals surface area contributed by atoms with E-state index in [1.165, 1.54) is 29.5 Å². The maximum Gasteiger partial charge on any atom is 0.0681 e. The van der Waals surface area contributed by atoms with Crippen molar-refractivity contribution in [2.75, 3.05) is 0 Å². The average molecular weight is 267 g/mol. The van der Waals surface area contributed by atoms with Gasteiger partial charge >= 0.3 is 0 Å². The highest BCUT2D eigenvalue weighted by atomic mass is 16.3. The number of benzene rings is 2. The minimum absolute atomic E-state index is 0.109. The molecule has 1 aliphatic carbocycles. The van der Waals surface area contributed by atoms with E-state index in [4.69, 9.17) is 5.11 Å². The van der Waals surface area contributed by atoms with E-state index in [9.17, 15) is 0 Å². The van der Waals surface area contributed by atoms with E-state index in [-0.39, 0.29) is 6.61 Å². The summed E-state index contributed by atoms with van der Waals surface area (Å²) in [4.78, 5) is 0. The first-order valence-electron chi connectivity index (χ1n) is 7.34. The lowest BCUT2D eigenvalue weighted by atomic mass is 10.0. The third-order valence-corrected chi connectivity index (χ3v) is 3.89. The first kappa shape index (κ1) is 13.3. The zero-order chi connectivity index (χ0) is 13.8. The van der Waals surface area contributed by atoms with Gasteiger partial charge in [0, 0.05) is 13.1 Å². The van der Waals surface area contributed by atoms with Crippen molar-refractivity contribution in [1.29, 1.82) is 0 Å². The third kappa shape index (κ3) is 3.27. The smallest absolute Gasteiger partial charge is 0.0681 e. The lowest BCUT2D eigenvalue weighted by Gasteiger charge is -2.10. The molecule has 2 aromatic carbocycles. The van der Waals surface area contributed by atoms with Gasteiger partial charge in [-0.1, -0.05) is 48.5 Å². The van der Waals surface area contributed by atoms with Crippen LogP contribution in [0.15, 0.2) is 48.5 Å². The fourth-order valence-corrected chi connectivity index (χ4v) is 2.67. The summed E-state index contributed by atoms with van der Waals surface area (Å²) in [5.74, 6) is 0.797. The lowest BCUT2D eigenvalue weighted by molar-refractivity contribution is 0.281. The molecule has 0 radical (unpaired) electrons. The molecule has 0 aliphatic heterocycles. The summed E-state index contributed by atoms with van der Waals surface area (Å²) in [5.41, 5.74) is 5.14. The van der Waals surface area contributed by atoms with Crippen LogP contribution in [0, 0.1) is 0 Å². The molecular formula is C18H21NO. The second kappa shape index (κ2) is 6.21. The maximum atomic E-state index is 9.15. The van der Waals surface area contributed by atoms with E-state index >= 15 is 0 Å². The molecule has 0 heterocycles. The summed E-state index contributed by atoms with van der Waals surface area (Å²) >= 11 is 0. The largest absolute Gasteiger partial charge is 0.392 e. The van der Waals surface area contributed by atoms with Crippen LogP contribution in [0.25, 0.3) is 0 Å². The molecule has 2 heteroatoms. The van der Waals surface area contributed by atoms with Crippen LogP contribution in [0.1, 0.15) is 41.0 Å². The molecule has 104 valence electrons. The Hall–Kier alpha value is -1.64. The van der Waals surface area contributed by atoms with Gasteiger partial charge in [0.05, 0.1) is 6.61 Å². The number of rotatable bonds is 6. The van der Waals surface area contributed by atoms with Gasteiger partial charge < -0.3 is 10.4 Å². The van der Waals surface area contributed by atoms with Gasteiger partial charge in [-0.3, -0.25) is 0 Å². The monoisotopic (exact) mass is 267 g/mol. The Bertz CT molecular complexity index is 575. The Labute approximate surface area is 120 Å². The fourth-order valence-electron chi connectivity index (χ4n) is 2.67. The van der Waals surface area contributed by atoms with Crippen LogP contribution in [-0.4, -0.2) is 5.11 Å². The van der Waals surface area contributed by atoms with Crippen LogP contribution < -0.4 is 5.32 Å². The molecule has 0 amide bonds. The number of aliphatic hydroxyl groups is 1. The normalized spacial score (nSPS) is 14.4. The molecule has 1 fully saturated rings. The summed E-state index contributed by atoms with van der Waals surface area (Å²) in [5, 5.41) is 12.7. The molecular weight excluding hydrogens is 246 g/mol. The first-order chi connectivity index (χ1) is 9.86. The summed E-state index contributed by atoms with van der Waals surface area (Å²) in [7, 11) is 0. The van der Waals surface area contributed by atoms with Crippen molar-refractivity contribution in [1.82, 2.24) is 5.32 Å². The molecule has 2 N–H and O–H groups in total. The quantitative estimate of drug-likeness (QED) is 0.841. The van der Waals surface area contributed by atoms with Gasteiger partial charge in [-0.05, 0) is 41.0 Å². The SMILES string of the molecule is OCc1cccc(CNCc2ccccc2C2CC2)c1. The summed E-state index contributed by atoms with van der Waals surface area (Å²) < 4.78 is 0. The van der Waals surface area contributed by atoms with Crippen LogP contribution in [0.2, 0.25) is 0 Å². The van der Waals surface area contributed by atoms with Gasteiger partial charge in [0.2, 0.25) is 0 Å². The topological polar surface area (TPSA) is 32.3 Å². The number of aliphatic hydroxyl groups excluding tert-OH is 1. The first-order valence-corrected chi connectivity index (χ1v) is 7.34. The van der Waals surface area contributed by atoms with Crippen molar-refractivity contribution in [2.45, 2.75) is 38.5 Å². The Kier molecular flexibility index (Phi) is 4.14.